The highest BCUT2D eigenvalue weighted by Crippen LogP contribution is 2.20. The van der Waals surface area contributed by atoms with E-state index in [4.69, 9.17) is 4.98 Å². The van der Waals surface area contributed by atoms with Gasteiger partial charge in [0.25, 0.3) is 0 Å². The standard InChI is InChI=1S/C17H26N2OS/c1-4-10-19-16-9-7-6-8-15(16)18-17(19)11-14(20)12-21-13(3)5-2/h6-9,13-14,20H,4-5,10-12H2,1-3H3. The molecule has 1 N–H and O–H groups in total. The molecule has 116 valence electrons. The van der Waals surface area contributed by atoms with Crippen molar-refractivity contribution in [2.75, 3.05) is 5.75 Å². The number of aromatic nitrogens is 2. The summed E-state index contributed by atoms with van der Waals surface area (Å²) in [5.74, 6) is 1.79. The Morgan fingerprint density at radius 1 is 1.29 bits per heavy atom. The first-order chi connectivity index (χ1) is 10.2. The minimum atomic E-state index is -0.323. The predicted molar refractivity (Wildman–Crippen MR) is 91.9 cm³/mol. The molecule has 2 unspecified atom stereocenters. The van der Waals surface area contributed by atoms with Crippen LogP contribution >= 0.6 is 11.8 Å². The summed E-state index contributed by atoms with van der Waals surface area (Å²) in [6, 6.07) is 8.23. The zero-order valence-corrected chi connectivity index (χ0v) is 14.1. The van der Waals surface area contributed by atoms with E-state index in [9.17, 15) is 5.11 Å². The van der Waals surface area contributed by atoms with Crippen LogP contribution < -0.4 is 0 Å². The Balaban J connectivity index is 2.11. The van der Waals surface area contributed by atoms with E-state index in [-0.39, 0.29) is 6.10 Å². The van der Waals surface area contributed by atoms with Crippen LogP contribution in [-0.4, -0.2) is 31.8 Å². The number of nitrogens with zero attached hydrogens (tertiary/aromatic N) is 2. The fraction of sp³-hybridized carbons (Fsp3) is 0.588. The number of fused-ring (bicyclic) bond motifs is 1. The van der Waals surface area contributed by atoms with Gasteiger partial charge in [-0.25, -0.2) is 4.98 Å². The number of rotatable bonds is 8. The van der Waals surface area contributed by atoms with Crippen molar-refractivity contribution in [1.29, 1.82) is 0 Å². The fourth-order valence-electron chi connectivity index (χ4n) is 2.42. The number of hydrogen-bond donors (Lipinski definition) is 1. The van der Waals surface area contributed by atoms with Gasteiger partial charge in [-0.3, -0.25) is 0 Å². The SMILES string of the molecule is CCCn1c(CC(O)CSC(C)CC)nc2ccccc21. The molecule has 0 aliphatic heterocycles. The van der Waals surface area contributed by atoms with E-state index in [2.05, 4.69) is 37.5 Å². The van der Waals surface area contributed by atoms with Gasteiger partial charge in [0.05, 0.1) is 17.1 Å². The van der Waals surface area contributed by atoms with Gasteiger partial charge in [0, 0.05) is 24.0 Å². The topological polar surface area (TPSA) is 38.0 Å². The molecule has 0 bridgehead atoms. The average molecular weight is 306 g/mol. The van der Waals surface area contributed by atoms with Crippen LogP contribution in [0.5, 0.6) is 0 Å². The third-order valence-electron chi connectivity index (χ3n) is 3.75. The van der Waals surface area contributed by atoms with Gasteiger partial charge in [0.2, 0.25) is 0 Å². The molecule has 0 aliphatic carbocycles. The van der Waals surface area contributed by atoms with Crippen molar-refractivity contribution in [2.45, 2.75) is 57.9 Å². The summed E-state index contributed by atoms with van der Waals surface area (Å²) in [7, 11) is 0. The van der Waals surface area contributed by atoms with Crippen molar-refractivity contribution in [3.05, 3.63) is 30.1 Å². The highest BCUT2D eigenvalue weighted by molar-refractivity contribution is 7.99. The van der Waals surface area contributed by atoms with E-state index in [0.717, 1.165) is 36.5 Å². The Kier molecular flexibility index (Phi) is 6.12. The summed E-state index contributed by atoms with van der Waals surface area (Å²) < 4.78 is 2.26. The predicted octanol–water partition coefficient (Wildman–Crippen LogP) is 3.88. The fourth-order valence-corrected chi connectivity index (χ4v) is 3.32. The van der Waals surface area contributed by atoms with Gasteiger partial charge in [-0.2, -0.15) is 11.8 Å². The third kappa shape index (κ3) is 4.24. The quantitative estimate of drug-likeness (QED) is 0.804. The van der Waals surface area contributed by atoms with Crippen molar-refractivity contribution < 1.29 is 5.11 Å². The number of aryl methyl sites for hydroxylation is 1. The zero-order valence-electron chi connectivity index (χ0n) is 13.2. The number of imidazole rings is 1. The molecule has 0 amide bonds. The van der Waals surface area contributed by atoms with E-state index >= 15 is 0 Å². The van der Waals surface area contributed by atoms with E-state index in [0.29, 0.717) is 11.7 Å². The lowest BCUT2D eigenvalue weighted by Gasteiger charge is -2.14. The van der Waals surface area contributed by atoms with Crippen LogP contribution in [0.15, 0.2) is 24.3 Å². The number of thioether (sulfide) groups is 1. The normalized spacial score (nSPS) is 14.5. The van der Waals surface area contributed by atoms with Crippen molar-refractivity contribution in [3.63, 3.8) is 0 Å². The van der Waals surface area contributed by atoms with Gasteiger partial charge in [-0.05, 0) is 25.0 Å². The van der Waals surface area contributed by atoms with Crippen LogP contribution in [0.4, 0.5) is 0 Å². The maximum Gasteiger partial charge on any atom is 0.112 e. The molecule has 4 heteroatoms. The summed E-state index contributed by atoms with van der Waals surface area (Å²) in [6.45, 7) is 7.53. The number of benzene rings is 1. The minimum Gasteiger partial charge on any atom is -0.392 e. The first-order valence-corrected chi connectivity index (χ1v) is 8.94. The van der Waals surface area contributed by atoms with E-state index in [1.54, 1.807) is 0 Å². The van der Waals surface area contributed by atoms with Gasteiger partial charge < -0.3 is 9.67 Å². The summed E-state index contributed by atoms with van der Waals surface area (Å²) in [5, 5.41) is 10.9. The van der Waals surface area contributed by atoms with Crippen LogP contribution in [0, 0.1) is 0 Å². The smallest absolute Gasteiger partial charge is 0.112 e. The number of para-hydroxylation sites is 2. The van der Waals surface area contributed by atoms with Crippen molar-refractivity contribution in [1.82, 2.24) is 9.55 Å². The molecular weight excluding hydrogens is 280 g/mol. The average Bonchev–Trinajstić information content (AvgIpc) is 2.83. The third-order valence-corrected chi connectivity index (χ3v) is 5.23. The Morgan fingerprint density at radius 3 is 2.76 bits per heavy atom. The van der Waals surface area contributed by atoms with E-state index in [1.165, 1.54) is 5.52 Å². The Hall–Kier alpha value is -1.00. The van der Waals surface area contributed by atoms with E-state index in [1.807, 2.05) is 23.9 Å². The molecule has 0 saturated carbocycles. The molecule has 1 heterocycles. The number of aliphatic hydroxyl groups excluding tert-OH is 1. The van der Waals surface area contributed by atoms with Gasteiger partial charge in [0.1, 0.15) is 5.82 Å². The molecule has 0 radical (unpaired) electrons. The highest BCUT2D eigenvalue weighted by Gasteiger charge is 2.15. The maximum atomic E-state index is 10.3. The Bertz CT molecular complexity index is 567. The largest absolute Gasteiger partial charge is 0.392 e. The molecule has 3 nitrogen and oxygen atoms in total. The summed E-state index contributed by atoms with van der Waals surface area (Å²) in [6.07, 6.45) is 2.53. The molecule has 2 rings (SSSR count). The summed E-state index contributed by atoms with van der Waals surface area (Å²) in [4.78, 5) is 4.71. The first kappa shape index (κ1) is 16.4. The van der Waals surface area contributed by atoms with Crippen LogP contribution in [0.3, 0.4) is 0 Å². The van der Waals surface area contributed by atoms with Gasteiger partial charge in [-0.1, -0.05) is 32.9 Å². The molecule has 1 aromatic carbocycles. The van der Waals surface area contributed by atoms with Gasteiger partial charge in [-0.15, -0.1) is 0 Å². The molecule has 2 aromatic rings. The zero-order chi connectivity index (χ0) is 15.2. The molecule has 1 aromatic heterocycles. The molecule has 0 saturated heterocycles. The van der Waals surface area contributed by atoms with Crippen LogP contribution in [0.25, 0.3) is 11.0 Å². The van der Waals surface area contributed by atoms with Gasteiger partial charge in [0.15, 0.2) is 0 Å². The summed E-state index contributed by atoms with van der Waals surface area (Å²) in [5.41, 5.74) is 2.21. The Morgan fingerprint density at radius 2 is 2.05 bits per heavy atom. The second kappa shape index (κ2) is 7.85. The van der Waals surface area contributed by atoms with Crippen LogP contribution in [0.1, 0.15) is 39.4 Å². The molecule has 0 aliphatic rings. The number of aliphatic hydroxyl groups is 1. The van der Waals surface area contributed by atoms with Crippen molar-refractivity contribution in [2.24, 2.45) is 0 Å². The second-order valence-corrected chi connectivity index (χ2v) is 7.05. The maximum absolute atomic E-state index is 10.3. The lowest BCUT2D eigenvalue weighted by Crippen LogP contribution is -2.18. The van der Waals surface area contributed by atoms with Gasteiger partial charge >= 0.3 is 0 Å². The first-order valence-electron chi connectivity index (χ1n) is 7.89. The lowest BCUT2D eigenvalue weighted by atomic mass is 10.2. The molecular formula is C17H26N2OS. The van der Waals surface area contributed by atoms with Crippen molar-refractivity contribution in [3.8, 4) is 0 Å². The number of hydrogen-bond acceptors (Lipinski definition) is 3. The lowest BCUT2D eigenvalue weighted by molar-refractivity contribution is 0.196. The van der Waals surface area contributed by atoms with Crippen LogP contribution in [0.2, 0.25) is 0 Å². The monoisotopic (exact) mass is 306 g/mol. The Labute approximate surface area is 131 Å². The molecule has 0 fully saturated rings. The van der Waals surface area contributed by atoms with E-state index < -0.39 is 0 Å². The highest BCUT2D eigenvalue weighted by atomic mass is 32.2. The van der Waals surface area contributed by atoms with Crippen LogP contribution in [-0.2, 0) is 13.0 Å². The molecule has 21 heavy (non-hydrogen) atoms. The minimum absolute atomic E-state index is 0.323. The summed E-state index contributed by atoms with van der Waals surface area (Å²) >= 11 is 1.84. The second-order valence-electron chi connectivity index (χ2n) is 5.58. The molecule has 2 atom stereocenters. The van der Waals surface area contributed by atoms with Crippen molar-refractivity contribution >= 4 is 22.8 Å². The molecule has 0 spiro atoms.